The van der Waals surface area contributed by atoms with Crippen molar-refractivity contribution in [2.24, 2.45) is 0 Å². The van der Waals surface area contributed by atoms with Gasteiger partial charge in [-0.15, -0.1) is 0 Å². The van der Waals surface area contributed by atoms with Gasteiger partial charge < -0.3 is 15.4 Å². The average molecular weight is 418 g/mol. The zero-order chi connectivity index (χ0) is 21.6. The van der Waals surface area contributed by atoms with Crippen LogP contribution in [0.25, 0.3) is 0 Å². The number of amides is 2. The number of likely N-dealkylation sites (N-methyl/N-ethyl adjacent to an activating group) is 1. The van der Waals surface area contributed by atoms with Gasteiger partial charge in [0.1, 0.15) is 5.75 Å². The molecule has 2 rings (SSSR count). The Morgan fingerprint density at radius 1 is 1.07 bits per heavy atom. The lowest BCUT2D eigenvalue weighted by molar-refractivity contribution is -0.123. The molecule has 2 aromatic rings. The van der Waals surface area contributed by atoms with Gasteiger partial charge in [-0.05, 0) is 62.7 Å². The van der Waals surface area contributed by atoms with Crippen molar-refractivity contribution >= 4 is 29.1 Å². The van der Waals surface area contributed by atoms with Crippen LogP contribution in [0.4, 0.5) is 5.69 Å². The summed E-state index contributed by atoms with van der Waals surface area (Å²) in [6.07, 6.45) is 0. The molecule has 0 aliphatic carbocycles. The second-order valence-electron chi connectivity index (χ2n) is 7.20. The molecule has 0 spiro atoms. The van der Waals surface area contributed by atoms with Crippen LogP contribution in [0.15, 0.2) is 36.4 Å². The molecule has 0 heterocycles. The number of aryl methyl sites for hydroxylation is 2. The lowest BCUT2D eigenvalue weighted by Gasteiger charge is -2.20. The van der Waals surface area contributed by atoms with Gasteiger partial charge in [0.25, 0.3) is 0 Å². The van der Waals surface area contributed by atoms with Gasteiger partial charge in [-0.1, -0.05) is 29.8 Å². The average Bonchev–Trinajstić information content (AvgIpc) is 2.63. The molecule has 0 aliphatic heterocycles. The summed E-state index contributed by atoms with van der Waals surface area (Å²) in [7, 11) is 3.24. The molecule has 0 aromatic heterocycles. The number of nitrogens with one attached hydrogen (secondary N) is 2. The van der Waals surface area contributed by atoms with E-state index in [0.717, 1.165) is 5.56 Å². The Hall–Kier alpha value is -2.57. The summed E-state index contributed by atoms with van der Waals surface area (Å²) in [6, 6.07) is 11.0. The number of ether oxygens (including phenoxy) is 1. The van der Waals surface area contributed by atoms with Crippen LogP contribution in [0.1, 0.15) is 29.7 Å². The minimum Gasteiger partial charge on any atom is -0.495 e. The Morgan fingerprint density at radius 3 is 2.41 bits per heavy atom. The van der Waals surface area contributed by atoms with Gasteiger partial charge in [-0.2, -0.15) is 0 Å². The maximum absolute atomic E-state index is 12.4. The van der Waals surface area contributed by atoms with Crippen LogP contribution in [0.3, 0.4) is 0 Å². The third-order valence-corrected chi connectivity index (χ3v) is 4.91. The molecule has 29 heavy (non-hydrogen) atoms. The first-order valence-electron chi connectivity index (χ1n) is 9.38. The number of nitrogens with zero attached hydrogens (tertiary/aromatic N) is 1. The summed E-state index contributed by atoms with van der Waals surface area (Å²) in [5.74, 6) is 0.111. The first-order chi connectivity index (χ1) is 13.7. The fourth-order valence-electron chi connectivity index (χ4n) is 2.92. The van der Waals surface area contributed by atoms with Gasteiger partial charge in [0.2, 0.25) is 11.8 Å². The second kappa shape index (κ2) is 10.3. The van der Waals surface area contributed by atoms with Gasteiger partial charge in [0.05, 0.1) is 31.9 Å². The fraction of sp³-hybridized carbons (Fsp3) is 0.364. The van der Waals surface area contributed by atoms with Crippen molar-refractivity contribution in [3.8, 4) is 5.75 Å². The van der Waals surface area contributed by atoms with Crippen molar-refractivity contribution in [1.82, 2.24) is 10.2 Å². The predicted octanol–water partition coefficient (Wildman–Crippen LogP) is 3.71. The van der Waals surface area contributed by atoms with E-state index in [9.17, 15) is 9.59 Å². The van der Waals surface area contributed by atoms with Gasteiger partial charge >= 0.3 is 0 Å². The van der Waals surface area contributed by atoms with Crippen LogP contribution >= 0.6 is 11.6 Å². The standard InChI is InChI=1S/C22H28ClN3O3/c1-14-6-7-17(10-15(14)2)16(3)24-21(27)12-26(4)13-22(28)25-19-11-18(23)8-9-20(19)29-5/h6-11,16H,12-13H2,1-5H3,(H,24,27)(H,25,28). The molecule has 0 saturated heterocycles. The molecule has 7 heteroatoms. The molecule has 2 amide bonds. The minimum absolute atomic E-state index is 0.0567. The van der Waals surface area contributed by atoms with Crippen molar-refractivity contribution in [3.63, 3.8) is 0 Å². The molecule has 1 unspecified atom stereocenters. The molecule has 6 nitrogen and oxygen atoms in total. The van der Waals surface area contributed by atoms with Crippen molar-refractivity contribution in [3.05, 3.63) is 58.1 Å². The maximum atomic E-state index is 12.4. The van der Waals surface area contributed by atoms with Crippen LogP contribution < -0.4 is 15.4 Å². The highest BCUT2D eigenvalue weighted by Gasteiger charge is 2.15. The number of hydrogen-bond donors (Lipinski definition) is 2. The van der Waals surface area contributed by atoms with E-state index < -0.39 is 0 Å². The smallest absolute Gasteiger partial charge is 0.238 e. The number of halogens is 1. The van der Waals surface area contributed by atoms with E-state index >= 15 is 0 Å². The highest BCUT2D eigenvalue weighted by atomic mass is 35.5. The van der Waals surface area contributed by atoms with E-state index in [4.69, 9.17) is 16.3 Å². The second-order valence-corrected chi connectivity index (χ2v) is 7.63. The highest BCUT2D eigenvalue weighted by Crippen LogP contribution is 2.27. The lowest BCUT2D eigenvalue weighted by Crippen LogP contribution is -2.39. The Bertz CT molecular complexity index is 886. The summed E-state index contributed by atoms with van der Waals surface area (Å²) in [4.78, 5) is 26.3. The molecule has 156 valence electrons. The first kappa shape index (κ1) is 22.7. The van der Waals surface area contributed by atoms with E-state index in [1.54, 1.807) is 30.1 Å². The number of carbonyl (C=O) groups excluding carboxylic acids is 2. The molecule has 2 aromatic carbocycles. The zero-order valence-corrected chi connectivity index (χ0v) is 18.3. The third-order valence-electron chi connectivity index (χ3n) is 4.67. The van der Waals surface area contributed by atoms with E-state index in [1.165, 1.54) is 18.2 Å². The highest BCUT2D eigenvalue weighted by molar-refractivity contribution is 6.31. The monoisotopic (exact) mass is 417 g/mol. The summed E-state index contributed by atoms with van der Waals surface area (Å²) in [5.41, 5.74) is 3.95. The van der Waals surface area contributed by atoms with Crippen molar-refractivity contribution in [1.29, 1.82) is 0 Å². The Balaban J connectivity index is 1.87. The predicted molar refractivity (Wildman–Crippen MR) is 117 cm³/mol. The Kier molecular flexibility index (Phi) is 8.05. The molecule has 1 atom stereocenters. The SMILES string of the molecule is COc1ccc(Cl)cc1NC(=O)CN(C)CC(=O)NC(C)c1ccc(C)c(C)c1. The molecule has 0 aliphatic rings. The number of hydrogen-bond acceptors (Lipinski definition) is 4. The maximum Gasteiger partial charge on any atom is 0.238 e. The first-order valence-corrected chi connectivity index (χ1v) is 9.76. The molecule has 0 fully saturated rings. The number of benzene rings is 2. The van der Waals surface area contributed by atoms with Crippen molar-refractivity contribution < 1.29 is 14.3 Å². The van der Waals surface area contributed by atoms with Crippen LogP contribution in [0.5, 0.6) is 5.75 Å². The summed E-state index contributed by atoms with van der Waals surface area (Å²) < 4.78 is 5.22. The largest absolute Gasteiger partial charge is 0.495 e. The van der Waals surface area contributed by atoms with Gasteiger partial charge in [-0.25, -0.2) is 0 Å². The van der Waals surface area contributed by atoms with E-state index in [0.29, 0.717) is 16.5 Å². The van der Waals surface area contributed by atoms with Crippen molar-refractivity contribution in [2.45, 2.75) is 26.8 Å². The summed E-state index contributed by atoms with van der Waals surface area (Å²) in [6.45, 7) is 6.21. The third kappa shape index (κ3) is 6.76. The molecule has 2 N–H and O–H groups in total. The lowest BCUT2D eigenvalue weighted by atomic mass is 10.0. The van der Waals surface area contributed by atoms with Crippen LogP contribution in [-0.2, 0) is 9.59 Å². The molecular formula is C22H28ClN3O3. The topological polar surface area (TPSA) is 70.7 Å². The molecular weight excluding hydrogens is 390 g/mol. The van der Waals surface area contributed by atoms with Gasteiger partial charge in [0.15, 0.2) is 0 Å². The van der Waals surface area contributed by atoms with Crippen LogP contribution in [0.2, 0.25) is 5.02 Å². The summed E-state index contributed by atoms with van der Waals surface area (Å²) in [5, 5.41) is 6.23. The van der Waals surface area contributed by atoms with Crippen molar-refractivity contribution in [2.75, 3.05) is 32.6 Å². The Labute approximate surface area is 177 Å². The molecule has 0 bridgehead atoms. The number of carbonyl (C=O) groups is 2. The normalized spacial score (nSPS) is 11.8. The van der Waals surface area contributed by atoms with Crippen LogP contribution in [0, 0.1) is 13.8 Å². The quantitative estimate of drug-likeness (QED) is 0.686. The Morgan fingerprint density at radius 2 is 1.76 bits per heavy atom. The summed E-state index contributed by atoms with van der Waals surface area (Å²) >= 11 is 5.98. The van der Waals surface area contributed by atoms with Gasteiger partial charge in [-0.3, -0.25) is 14.5 Å². The van der Waals surface area contributed by atoms with E-state index in [1.807, 2.05) is 19.1 Å². The van der Waals surface area contributed by atoms with Gasteiger partial charge in [0, 0.05) is 5.02 Å². The number of anilines is 1. The molecule has 0 radical (unpaired) electrons. The number of rotatable bonds is 8. The zero-order valence-electron chi connectivity index (χ0n) is 17.5. The van der Waals surface area contributed by atoms with E-state index in [-0.39, 0.29) is 30.9 Å². The fourth-order valence-corrected chi connectivity index (χ4v) is 3.09. The van der Waals surface area contributed by atoms with E-state index in [2.05, 4.69) is 30.5 Å². The van der Waals surface area contributed by atoms with Crippen LogP contribution in [-0.4, -0.2) is 44.0 Å². The number of methoxy groups -OCH3 is 1. The molecule has 0 saturated carbocycles. The minimum atomic E-state index is -0.261.